The number of carbonyl (C=O) groups is 2. The molecule has 2 saturated heterocycles. The van der Waals surface area contributed by atoms with E-state index in [1.165, 1.54) is 4.90 Å². The maximum atomic E-state index is 12.3. The van der Waals surface area contributed by atoms with Gasteiger partial charge in [-0.05, 0) is 24.6 Å². The highest BCUT2D eigenvalue weighted by Gasteiger charge is 2.49. The molecule has 1 aromatic rings. The summed E-state index contributed by atoms with van der Waals surface area (Å²) in [5.74, 6) is 0.126. The van der Waals surface area contributed by atoms with Crippen LogP contribution < -0.4 is 10.6 Å². The number of carbonyl (C=O) groups excluding carboxylic acids is 2. The highest BCUT2D eigenvalue weighted by molar-refractivity contribution is 5.80. The predicted molar refractivity (Wildman–Crippen MR) is 80.2 cm³/mol. The summed E-state index contributed by atoms with van der Waals surface area (Å²) in [7, 11) is 3.40. The van der Waals surface area contributed by atoms with Crippen LogP contribution in [0.1, 0.15) is 18.5 Å². The van der Waals surface area contributed by atoms with Gasteiger partial charge in [-0.2, -0.15) is 0 Å². The summed E-state index contributed by atoms with van der Waals surface area (Å²) in [5, 5.41) is 15.6. The van der Waals surface area contributed by atoms with Crippen molar-refractivity contribution in [1.82, 2.24) is 20.4 Å². The van der Waals surface area contributed by atoms with E-state index in [1.54, 1.807) is 37.2 Å². The lowest BCUT2D eigenvalue weighted by atomic mass is 9.81. The Morgan fingerprint density at radius 2 is 1.77 bits per heavy atom. The van der Waals surface area contributed by atoms with Gasteiger partial charge in [-0.1, -0.05) is 12.1 Å². The average molecular weight is 304 g/mol. The normalized spacial score (nSPS) is 31.4. The fourth-order valence-corrected chi connectivity index (χ4v) is 3.46. The van der Waals surface area contributed by atoms with E-state index in [4.69, 9.17) is 0 Å². The van der Waals surface area contributed by atoms with Crippen molar-refractivity contribution >= 4 is 12.1 Å². The second kappa shape index (κ2) is 5.08. The molecular formula is C15H20N4O3. The first kappa shape index (κ1) is 14.5. The van der Waals surface area contributed by atoms with E-state index in [0.29, 0.717) is 0 Å². The molecule has 2 aliphatic heterocycles. The minimum Gasteiger partial charge on any atom is -0.508 e. The Bertz CT molecular complexity index is 621. The number of phenolic OH excluding ortho intramolecular Hbond substituents is 1. The standard InChI is InChI=1S/C15H20N4O3/c1-8-11-12(9-5-4-6-10(20)7-9)18(2)15(22)17-13(11)19(3)14(21)16-8/h4-8,11-13,20H,1-3H3,(H,16,21)(H,17,22)/t8-,11+,12-,13+/m1/s1. The van der Waals surface area contributed by atoms with Crippen LogP contribution >= 0.6 is 0 Å². The molecule has 0 bridgehead atoms. The van der Waals surface area contributed by atoms with Gasteiger partial charge in [0.2, 0.25) is 0 Å². The van der Waals surface area contributed by atoms with Crippen molar-refractivity contribution in [3.8, 4) is 5.75 Å². The van der Waals surface area contributed by atoms with Crippen molar-refractivity contribution in [3.63, 3.8) is 0 Å². The molecule has 0 aliphatic carbocycles. The monoisotopic (exact) mass is 304 g/mol. The van der Waals surface area contributed by atoms with Gasteiger partial charge in [-0.3, -0.25) is 0 Å². The Kier molecular flexibility index (Phi) is 3.35. The Morgan fingerprint density at radius 3 is 2.45 bits per heavy atom. The molecule has 0 unspecified atom stereocenters. The van der Waals surface area contributed by atoms with Crippen LogP contribution in [0.2, 0.25) is 0 Å². The quantitative estimate of drug-likeness (QED) is 0.725. The van der Waals surface area contributed by atoms with Gasteiger partial charge in [-0.25, -0.2) is 9.59 Å². The fourth-order valence-electron chi connectivity index (χ4n) is 3.46. The summed E-state index contributed by atoms with van der Waals surface area (Å²) in [6, 6.07) is 6.14. The van der Waals surface area contributed by atoms with E-state index in [0.717, 1.165) is 5.56 Å². The van der Waals surface area contributed by atoms with Crippen molar-refractivity contribution in [2.24, 2.45) is 5.92 Å². The molecule has 4 amide bonds. The maximum absolute atomic E-state index is 12.3. The van der Waals surface area contributed by atoms with Gasteiger partial charge < -0.3 is 25.5 Å². The number of benzene rings is 1. The van der Waals surface area contributed by atoms with E-state index < -0.39 is 0 Å². The van der Waals surface area contributed by atoms with Crippen LogP contribution in [-0.4, -0.2) is 53.3 Å². The third-order valence-corrected chi connectivity index (χ3v) is 4.62. The number of rotatable bonds is 1. The van der Waals surface area contributed by atoms with Gasteiger partial charge in [0.05, 0.1) is 6.04 Å². The minimum atomic E-state index is -0.375. The second-order valence-corrected chi connectivity index (χ2v) is 5.97. The SMILES string of the molecule is C[C@H]1NC(=O)N(C)[C@@H]2NC(=O)N(C)[C@H](c3cccc(O)c3)[C@@H]21. The van der Waals surface area contributed by atoms with Crippen molar-refractivity contribution in [3.05, 3.63) is 29.8 Å². The zero-order valence-electron chi connectivity index (χ0n) is 12.8. The minimum absolute atomic E-state index is 0.0350. The van der Waals surface area contributed by atoms with Gasteiger partial charge in [0.25, 0.3) is 0 Å². The summed E-state index contributed by atoms with van der Waals surface area (Å²) >= 11 is 0. The Labute approximate surface area is 128 Å². The molecule has 0 saturated carbocycles. The first-order valence-electron chi connectivity index (χ1n) is 7.25. The third-order valence-electron chi connectivity index (χ3n) is 4.62. The number of urea groups is 2. The third kappa shape index (κ3) is 2.13. The summed E-state index contributed by atoms with van der Waals surface area (Å²) < 4.78 is 0. The highest BCUT2D eigenvalue weighted by Crippen LogP contribution is 2.38. The summed E-state index contributed by atoms with van der Waals surface area (Å²) in [6.45, 7) is 1.93. The van der Waals surface area contributed by atoms with Gasteiger partial charge in [-0.15, -0.1) is 0 Å². The summed E-state index contributed by atoms with van der Waals surface area (Å²) in [4.78, 5) is 27.4. The van der Waals surface area contributed by atoms with Crippen molar-refractivity contribution in [2.45, 2.75) is 25.2 Å². The predicted octanol–water partition coefficient (Wildman–Crippen LogP) is 1.07. The van der Waals surface area contributed by atoms with E-state index in [-0.39, 0.29) is 42.0 Å². The molecule has 0 spiro atoms. The first-order chi connectivity index (χ1) is 10.4. The van der Waals surface area contributed by atoms with Crippen LogP contribution in [-0.2, 0) is 0 Å². The fraction of sp³-hybridized carbons (Fsp3) is 0.467. The molecule has 118 valence electrons. The van der Waals surface area contributed by atoms with Crippen molar-refractivity contribution in [1.29, 1.82) is 0 Å². The van der Waals surface area contributed by atoms with E-state index in [9.17, 15) is 14.7 Å². The van der Waals surface area contributed by atoms with E-state index in [1.807, 2.05) is 13.0 Å². The lowest BCUT2D eigenvalue weighted by molar-refractivity contribution is 0.0247. The Morgan fingerprint density at radius 1 is 1.09 bits per heavy atom. The summed E-state index contributed by atoms with van der Waals surface area (Å²) in [6.07, 6.45) is -0.375. The number of hydrogen-bond acceptors (Lipinski definition) is 3. The molecule has 2 aliphatic rings. The van der Waals surface area contributed by atoms with Crippen molar-refractivity contribution < 1.29 is 14.7 Å². The topological polar surface area (TPSA) is 84.9 Å². The Hall–Kier alpha value is -2.44. The molecule has 2 heterocycles. The number of phenols is 1. The molecule has 1 aromatic carbocycles. The maximum Gasteiger partial charge on any atom is 0.319 e. The van der Waals surface area contributed by atoms with Crippen LogP contribution in [0.25, 0.3) is 0 Å². The molecule has 4 atom stereocenters. The van der Waals surface area contributed by atoms with Crippen LogP contribution in [0.4, 0.5) is 9.59 Å². The van der Waals surface area contributed by atoms with Crippen LogP contribution in [0, 0.1) is 5.92 Å². The summed E-state index contributed by atoms with van der Waals surface area (Å²) in [5.41, 5.74) is 0.851. The van der Waals surface area contributed by atoms with Crippen LogP contribution in [0.5, 0.6) is 5.75 Å². The van der Waals surface area contributed by atoms with Gasteiger partial charge >= 0.3 is 12.1 Å². The molecule has 7 nitrogen and oxygen atoms in total. The average Bonchev–Trinajstić information content (AvgIpc) is 2.47. The number of nitrogens with one attached hydrogen (secondary N) is 2. The van der Waals surface area contributed by atoms with Gasteiger partial charge in [0.15, 0.2) is 0 Å². The number of nitrogens with zero attached hydrogens (tertiary/aromatic N) is 2. The van der Waals surface area contributed by atoms with Gasteiger partial charge in [0.1, 0.15) is 11.9 Å². The van der Waals surface area contributed by atoms with E-state index >= 15 is 0 Å². The molecule has 3 N–H and O–H groups in total. The molecule has 22 heavy (non-hydrogen) atoms. The number of aromatic hydroxyl groups is 1. The lowest BCUT2D eigenvalue weighted by Crippen LogP contribution is -2.71. The van der Waals surface area contributed by atoms with E-state index in [2.05, 4.69) is 10.6 Å². The molecule has 2 fully saturated rings. The first-order valence-corrected chi connectivity index (χ1v) is 7.25. The number of fused-ring (bicyclic) bond motifs is 1. The number of hydrogen-bond donors (Lipinski definition) is 3. The molecule has 0 aromatic heterocycles. The van der Waals surface area contributed by atoms with Crippen LogP contribution in [0.15, 0.2) is 24.3 Å². The molecule has 7 heteroatoms. The smallest absolute Gasteiger partial charge is 0.319 e. The number of amides is 4. The second-order valence-electron chi connectivity index (χ2n) is 5.97. The molecular weight excluding hydrogens is 284 g/mol. The van der Waals surface area contributed by atoms with Gasteiger partial charge in [0, 0.05) is 26.1 Å². The zero-order chi connectivity index (χ0) is 16.0. The van der Waals surface area contributed by atoms with Crippen LogP contribution in [0.3, 0.4) is 0 Å². The molecule has 3 rings (SSSR count). The zero-order valence-corrected chi connectivity index (χ0v) is 12.8. The largest absolute Gasteiger partial charge is 0.508 e. The Balaban J connectivity index is 2.05. The molecule has 0 radical (unpaired) electrons. The van der Waals surface area contributed by atoms with Crippen molar-refractivity contribution in [2.75, 3.05) is 14.1 Å². The lowest BCUT2D eigenvalue weighted by Gasteiger charge is -2.52. The highest BCUT2D eigenvalue weighted by atomic mass is 16.3.